The van der Waals surface area contributed by atoms with Crippen molar-refractivity contribution >= 4 is 11.9 Å². The number of aryl methyl sites for hydroxylation is 1. The molecule has 1 aromatic carbocycles. The minimum Gasteiger partial charge on any atom is -0.480 e. The van der Waals surface area contributed by atoms with Crippen LogP contribution in [0.2, 0.25) is 0 Å². The molecular weight excluding hydrogens is 298 g/mol. The van der Waals surface area contributed by atoms with Crippen LogP contribution >= 0.6 is 0 Å². The largest absolute Gasteiger partial charge is 0.480 e. The van der Waals surface area contributed by atoms with Crippen LogP contribution in [-0.2, 0) is 20.7 Å². The van der Waals surface area contributed by atoms with Gasteiger partial charge in [0.15, 0.2) is 0 Å². The molecule has 0 fully saturated rings. The van der Waals surface area contributed by atoms with Crippen LogP contribution in [-0.4, -0.2) is 46.5 Å². The van der Waals surface area contributed by atoms with Crippen LogP contribution < -0.4 is 5.32 Å². The number of nitrogens with zero attached hydrogens (tertiary/aromatic N) is 2. The van der Waals surface area contributed by atoms with Crippen LogP contribution in [0.15, 0.2) is 42.7 Å². The molecule has 1 heterocycles. The molecule has 0 radical (unpaired) electrons. The second-order valence-corrected chi connectivity index (χ2v) is 4.92. The summed E-state index contributed by atoms with van der Waals surface area (Å²) < 4.78 is 6.60. The van der Waals surface area contributed by atoms with Crippen molar-refractivity contribution in [2.45, 2.75) is 12.8 Å². The third kappa shape index (κ3) is 5.91. The van der Waals surface area contributed by atoms with E-state index in [9.17, 15) is 9.59 Å². The van der Waals surface area contributed by atoms with Gasteiger partial charge in [0.05, 0.1) is 18.5 Å². The lowest BCUT2D eigenvalue weighted by Crippen LogP contribution is -2.28. The Morgan fingerprint density at radius 2 is 2.04 bits per heavy atom. The summed E-state index contributed by atoms with van der Waals surface area (Å²) in [5, 5.41) is 15.4. The van der Waals surface area contributed by atoms with Gasteiger partial charge in [0, 0.05) is 19.2 Å². The molecule has 2 rings (SSSR count). The normalized spacial score (nSPS) is 10.4. The molecule has 0 aliphatic heterocycles. The average Bonchev–Trinajstić information content (AvgIpc) is 3.02. The Hall–Kier alpha value is -2.67. The maximum absolute atomic E-state index is 11.7. The van der Waals surface area contributed by atoms with E-state index in [-0.39, 0.29) is 19.1 Å². The van der Waals surface area contributed by atoms with E-state index in [1.807, 2.05) is 36.5 Å². The highest BCUT2D eigenvalue weighted by atomic mass is 16.5. The summed E-state index contributed by atoms with van der Waals surface area (Å²) in [5.41, 5.74) is 1.95. The van der Waals surface area contributed by atoms with Gasteiger partial charge in [-0.2, -0.15) is 5.10 Å². The van der Waals surface area contributed by atoms with Crippen molar-refractivity contribution in [1.29, 1.82) is 0 Å². The Bertz CT molecular complexity index is 640. The van der Waals surface area contributed by atoms with Crippen molar-refractivity contribution in [3.63, 3.8) is 0 Å². The van der Waals surface area contributed by atoms with Gasteiger partial charge >= 0.3 is 5.97 Å². The van der Waals surface area contributed by atoms with Crippen LogP contribution in [0.5, 0.6) is 0 Å². The molecular formula is C16H19N3O4. The van der Waals surface area contributed by atoms with Crippen molar-refractivity contribution in [1.82, 2.24) is 15.1 Å². The molecule has 0 saturated heterocycles. The van der Waals surface area contributed by atoms with Gasteiger partial charge in [0.25, 0.3) is 0 Å². The number of carboxylic acid groups (broad SMARTS) is 1. The quantitative estimate of drug-likeness (QED) is 0.674. The highest BCUT2D eigenvalue weighted by molar-refractivity contribution is 5.76. The van der Waals surface area contributed by atoms with E-state index in [1.54, 1.807) is 10.9 Å². The minimum atomic E-state index is -1.02. The monoisotopic (exact) mass is 317 g/mol. The van der Waals surface area contributed by atoms with Crippen LogP contribution in [0.3, 0.4) is 0 Å². The minimum absolute atomic E-state index is 0.101. The zero-order valence-electron chi connectivity index (χ0n) is 12.6. The Morgan fingerprint density at radius 1 is 1.26 bits per heavy atom. The van der Waals surface area contributed by atoms with Gasteiger partial charge in [0.1, 0.15) is 6.61 Å². The van der Waals surface area contributed by atoms with Gasteiger partial charge in [0.2, 0.25) is 5.91 Å². The zero-order chi connectivity index (χ0) is 16.5. The Labute approximate surface area is 133 Å². The lowest BCUT2D eigenvalue weighted by molar-refractivity contribution is -0.142. The summed E-state index contributed by atoms with van der Waals surface area (Å²) in [6.45, 7) is 0.133. The molecule has 0 spiro atoms. The van der Waals surface area contributed by atoms with Gasteiger partial charge in [-0.05, 0) is 24.1 Å². The van der Waals surface area contributed by atoms with Crippen LogP contribution in [0.1, 0.15) is 12.0 Å². The van der Waals surface area contributed by atoms with Crippen molar-refractivity contribution in [3.8, 4) is 5.69 Å². The number of nitrogens with one attached hydrogen (secondary N) is 1. The molecule has 1 aromatic heterocycles. The van der Waals surface area contributed by atoms with Crippen molar-refractivity contribution < 1.29 is 19.4 Å². The number of hydrogen-bond donors (Lipinski definition) is 2. The SMILES string of the molecule is O=C(O)COCCNC(=O)CCc1cnn(-c2ccccc2)c1. The molecule has 2 aromatic rings. The zero-order valence-corrected chi connectivity index (χ0v) is 12.6. The summed E-state index contributed by atoms with van der Waals surface area (Å²) in [5.74, 6) is -1.12. The molecule has 7 heteroatoms. The van der Waals surface area contributed by atoms with E-state index >= 15 is 0 Å². The number of hydrogen-bond acceptors (Lipinski definition) is 4. The Kier molecular flexibility index (Phi) is 6.31. The second kappa shape index (κ2) is 8.70. The van der Waals surface area contributed by atoms with Crippen molar-refractivity contribution in [3.05, 3.63) is 48.3 Å². The molecule has 0 aliphatic rings. The summed E-state index contributed by atoms with van der Waals surface area (Å²) in [4.78, 5) is 21.9. The summed E-state index contributed by atoms with van der Waals surface area (Å²) in [6, 6.07) is 9.74. The predicted octanol–water partition coefficient (Wildman–Crippen LogP) is 1.02. The molecule has 122 valence electrons. The predicted molar refractivity (Wildman–Crippen MR) is 83.3 cm³/mol. The van der Waals surface area contributed by atoms with Gasteiger partial charge < -0.3 is 15.2 Å². The maximum atomic E-state index is 11.7. The fraction of sp³-hybridized carbons (Fsp3) is 0.312. The third-order valence-electron chi connectivity index (χ3n) is 3.09. The molecule has 1 amide bonds. The molecule has 0 unspecified atom stereocenters. The number of para-hydroxylation sites is 1. The Morgan fingerprint density at radius 3 is 2.78 bits per heavy atom. The molecule has 0 saturated carbocycles. The lowest BCUT2D eigenvalue weighted by Gasteiger charge is -2.04. The summed E-state index contributed by atoms with van der Waals surface area (Å²) >= 11 is 0. The van der Waals surface area contributed by atoms with E-state index in [1.165, 1.54) is 0 Å². The van der Waals surface area contributed by atoms with Crippen LogP contribution in [0.25, 0.3) is 5.69 Å². The Balaban J connectivity index is 1.69. The first-order valence-corrected chi connectivity index (χ1v) is 7.30. The first kappa shape index (κ1) is 16.7. The van der Waals surface area contributed by atoms with E-state index in [0.717, 1.165) is 11.3 Å². The number of carbonyl (C=O) groups excluding carboxylic acids is 1. The highest BCUT2D eigenvalue weighted by Crippen LogP contribution is 2.08. The van der Waals surface area contributed by atoms with E-state index in [0.29, 0.717) is 19.4 Å². The first-order valence-electron chi connectivity index (χ1n) is 7.30. The van der Waals surface area contributed by atoms with Crippen molar-refractivity contribution in [2.75, 3.05) is 19.8 Å². The van der Waals surface area contributed by atoms with Crippen molar-refractivity contribution in [2.24, 2.45) is 0 Å². The number of carboxylic acids is 1. The lowest BCUT2D eigenvalue weighted by atomic mass is 10.2. The topological polar surface area (TPSA) is 93.4 Å². The summed E-state index contributed by atoms with van der Waals surface area (Å²) in [6.07, 6.45) is 4.59. The fourth-order valence-electron chi connectivity index (χ4n) is 1.98. The number of carbonyl (C=O) groups is 2. The van der Waals surface area contributed by atoms with Gasteiger partial charge in [-0.1, -0.05) is 18.2 Å². The second-order valence-electron chi connectivity index (χ2n) is 4.92. The first-order chi connectivity index (χ1) is 11.1. The number of amides is 1. The molecule has 0 aliphatic carbocycles. The fourth-order valence-corrected chi connectivity index (χ4v) is 1.98. The average molecular weight is 317 g/mol. The molecule has 2 N–H and O–H groups in total. The standard InChI is InChI=1S/C16H19N3O4/c20-15(17-8-9-23-12-16(21)22)7-6-13-10-18-19(11-13)14-4-2-1-3-5-14/h1-5,10-11H,6-9,12H2,(H,17,20)(H,21,22). The van der Waals surface area contributed by atoms with Crippen LogP contribution in [0.4, 0.5) is 0 Å². The highest BCUT2D eigenvalue weighted by Gasteiger charge is 2.05. The molecule has 7 nitrogen and oxygen atoms in total. The van der Waals surface area contributed by atoms with Gasteiger partial charge in [-0.15, -0.1) is 0 Å². The number of rotatable bonds is 9. The maximum Gasteiger partial charge on any atom is 0.329 e. The number of aromatic nitrogens is 2. The molecule has 0 bridgehead atoms. The van der Waals surface area contributed by atoms with Gasteiger partial charge in [-0.25, -0.2) is 9.48 Å². The van der Waals surface area contributed by atoms with E-state index in [2.05, 4.69) is 10.4 Å². The molecule has 23 heavy (non-hydrogen) atoms. The summed E-state index contributed by atoms with van der Waals surface area (Å²) in [7, 11) is 0. The van der Waals surface area contributed by atoms with E-state index < -0.39 is 5.97 Å². The third-order valence-corrected chi connectivity index (χ3v) is 3.09. The smallest absolute Gasteiger partial charge is 0.329 e. The van der Waals surface area contributed by atoms with Gasteiger partial charge in [-0.3, -0.25) is 4.79 Å². The molecule has 0 atom stereocenters. The van der Waals surface area contributed by atoms with E-state index in [4.69, 9.17) is 9.84 Å². The number of aliphatic carboxylic acids is 1. The number of ether oxygens (including phenoxy) is 1. The van der Waals surface area contributed by atoms with Crippen LogP contribution in [0, 0.1) is 0 Å². The number of benzene rings is 1.